The molecule has 0 aromatic heterocycles. The van der Waals surface area contributed by atoms with Crippen LogP contribution in [0.5, 0.6) is 0 Å². The fraction of sp³-hybridized carbons (Fsp3) is 0.292. The Morgan fingerprint density at radius 2 is 1.66 bits per heavy atom. The van der Waals surface area contributed by atoms with Crippen LogP contribution in [-0.2, 0) is 19.1 Å². The predicted octanol–water partition coefficient (Wildman–Crippen LogP) is 4.58. The van der Waals surface area contributed by atoms with Crippen molar-refractivity contribution in [1.29, 1.82) is 0 Å². The van der Waals surface area contributed by atoms with Gasteiger partial charge in [0, 0.05) is 23.6 Å². The number of allylic oxidation sites excluding steroid dienone is 1. The molecule has 2 aromatic carbocycles. The minimum absolute atomic E-state index is 0.123. The number of benzene rings is 2. The number of hydrogen-bond acceptors (Lipinski definition) is 5. The Labute approximate surface area is 170 Å². The number of hydrogen-bond donors (Lipinski definition) is 0. The number of Topliss-reactive ketones (excluding diaryl/α,β-unsaturated/α-hetero) is 1. The first-order valence-corrected chi connectivity index (χ1v) is 9.79. The van der Waals surface area contributed by atoms with E-state index in [0.717, 1.165) is 0 Å². The number of carbonyl (C=O) groups excluding carboxylic acids is 3. The zero-order valence-electron chi connectivity index (χ0n) is 16.4. The van der Waals surface area contributed by atoms with E-state index in [1.807, 2.05) is 48.5 Å². The van der Waals surface area contributed by atoms with E-state index in [1.54, 1.807) is 12.1 Å². The Kier molecular flexibility index (Phi) is 6.95. The molecule has 0 aliphatic carbocycles. The summed E-state index contributed by atoms with van der Waals surface area (Å²) in [7, 11) is 0. The predicted molar refractivity (Wildman–Crippen MR) is 109 cm³/mol. The first-order valence-electron chi connectivity index (χ1n) is 9.79. The van der Waals surface area contributed by atoms with Crippen molar-refractivity contribution in [3.63, 3.8) is 0 Å². The first kappa shape index (κ1) is 20.5. The smallest absolute Gasteiger partial charge is 0.314 e. The lowest BCUT2D eigenvalue weighted by atomic mass is 9.86. The quantitative estimate of drug-likeness (QED) is 0.374. The van der Waals surface area contributed by atoms with Gasteiger partial charge in [-0.15, -0.1) is 0 Å². The Hall–Kier alpha value is -3.21. The van der Waals surface area contributed by atoms with Gasteiger partial charge in [0.1, 0.15) is 5.76 Å². The second-order valence-electron chi connectivity index (χ2n) is 7.03. The fourth-order valence-corrected chi connectivity index (χ4v) is 3.38. The van der Waals surface area contributed by atoms with Crippen LogP contribution in [0, 0.1) is 5.92 Å². The number of ether oxygens (including phenoxy) is 2. The number of unbranched alkanes of at least 4 members (excludes halogenated alkanes) is 1. The third kappa shape index (κ3) is 5.41. The van der Waals surface area contributed by atoms with Gasteiger partial charge in [0.15, 0.2) is 5.78 Å². The highest BCUT2D eigenvalue weighted by Crippen LogP contribution is 2.35. The Balaban J connectivity index is 1.81. The van der Waals surface area contributed by atoms with Crippen molar-refractivity contribution in [2.75, 3.05) is 6.61 Å². The number of rotatable bonds is 8. The highest BCUT2D eigenvalue weighted by Gasteiger charge is 2.34. The molecule has 3 rings (SSSR count). The fourth-order valence-electron chi connectivity index (χ4n) is 3.38. The second kappa shape index (κ2) is 9.82. The van der Waals surface area contributed by atoms with Gasteiger partial charge < -0.3 is 9.47 Å². The summed E-state index contributed by atoms with van der Waals surface area (Å²) < 4.78 is 10.6. The molecule has 0 spiro atoms. The number of cyclic esters (lactones) is 1. The summed E-state index contributed by atoms with van der Waals surface area (Å²) in [4.78, 5) is 36.6. The van der Waals surface area contributed by atoms with E-state index in [9.17, 15) is 14.4 Å². The lowest BCUT2D eigenvalue weighted by Gasteiger charge is -2.26. The summed E-state index contributed by atoms with van der Waals surface area (Å²) in [5.74, 6) is -0.792. The lowest BCUT2D eigenvalue weighted by molar-refractivity contribution is -0.143. The number of ketones is 1. The molecule has 1 aliphatic heterocycles. The highest BCUT2D eigenvalue weighted by atomic mass is 16.5. The molecule has 150 valence electrons. The van der Waals surface area contributed by atoms with Crippen molar-refractivity contribution < 1.29 is 23.9 Å². The van der Waals surface area contributed by atoms with Crippen LogP contribution in [-0.4, -0.2) is 24.3 Å². The van der Waals surface area contributed by atoms with E-state index in [4.69, 9.17) is 9.47 Å². The molecule has 1 atom stereocenters. The molecular weight excluding hydrogens is 368 g/mol. The molecule has 0 N–H and O–H groups in total. The minimum atomic E-state index is -0.387. The number of carbonyl (C=O) groups is 3. The van der Waals surface area contributed by atoms with Crippen LogP contribution in [0.15, 0.2) is 66.2 Å². The molecule has 1 heterocycles. The second-order valence-corrected chi connectivity index (χ2v) is 7.03. The maximum atomic E-state index is 13.2. The summed E-state index contributed by atoms with van der Waals surface area (Å²) in [6.45, 7) is 1.70. The monoisotopic (exact) mass is 392 g/mol. The summed E-state index contributed by atoms with van der Waals surface area (Å²) >= 11 is 0. The van der Waals surface area contributed by atoms with Crippen molar-refractivity contribution in [2.45, 2.75) is 32.6 Å². The van der Waals surface area contributed by atoms with Crippen molar-refractivity contribution in [2.24, 2.45) is 5.92 Å². The summed E-state index contributed by atoms with van der Waals surface area (Å²) in [5, 5.41) is 0. The molecule has 0 bridgehead atoms. The van der Waals surface area contributed by atoms with Gasteiger partial charge in [0.2, 0.25) is 0 Å². The maximum absolute atomic E-state index is 13.2. The molecule has 0 amide bonds. The molecule has 0 fully saturated rings. The van der Waals surface area contributed by atoms with E-state index in [1.165, 1.54) is 6.92 Å². The molecule has 0 saturated heterocycles. The molecular formula is C24H24O5. The van der Waals surface area contributed by atoms with Gasteiger partial charge in [-0.1, -0.05) is 60.7 Å². The zero-order valence-corrected chi connectivity index (χ0v) is 16.4. The van der Waals surface area contributed by atoms with Crippen molar-refractivity contribution >= 4 is 23.5 Å². The lowest BCUT2D eigenvalue weighted by Crippen LogP contribution is -2.26. The van der Waals surface area contributed by atoms with Crippen LogP contribution in [0.25, 0.3) is 5.76 Å². The van der Waals surface area contributed by atoms with Gasteiger partial charge in [0.25, 0.3) is 0 Å². The van der Waals surface area contributed by atoms with Crippen LogP contribution < -0.4 is 0 Å². The average Bonchev–Trinajstić information content (AvgIpc) is 2.75. The molecule has 0 saturated carbocycles. The van der Waals surface area contributed by atoms with Crippen molar-refractivity contribution in [1.82, 2.24) is 0 Å². The van der Waals surface area contributed by atoms with E-state index in [-0.39, 0.29) is 23.6 Å². The van der Waals surface area contributed by atoms with Gasteiger partial charge >= 0.3 is 11.9 Å². The van der Waals surface area contributed by atoms with E-state index in [0.29, 0.717) is 54.7 Å². The molecule has 1 unspecified atom stereocenters. The molecule has 5 nitrogen and oxygen atoms in total. The third-order valence-corrected chi connectivity index (χ3v) is 4.86. The third-order valence-electron chi connectivity index (χ3n) is 4.86. The largest absolute Gasteiger partial charge is 0.466 e. The number of esters is 2. The molecule has 5 heteroatoms. The Morgan fingerprint density at radius 3 is 2.31 bits per heavy atom. The first-order chi connectivity index (χ1) is 14.1. The molecule has 2 aromatic rings. The molecule has 1 aliphatic rings. The van der Waals surface area contributed by atoms with Gasteiger partial charge in [-0.2, -0.15) is 0 Å². The van der Waals surface area contributed by atoms with E-state index < -0.39 is 0 Å². The van der Waals surface area contributed by atoms with Gasteiger partial charge in [-0.05, 0) is 25.7 Å². The highest BCUT2D eigenvalue weighted by molar-refractivity contribution is 6.14. The maximum Gasteiger partial charge on any atom is 0.314 e. The standard InChI is InChI=1S/C24H24O5/c1-17(25)28-15-9-8-14-20-16-21(22(26)18-10-4-2-5-11-18)23(29-24(20)27)19-12-6-3-7-13-19/h2-7,10-13,20H,8-9,14-16H2,1H3. The normalized spacial score (nSPS) is 16.3. The van der Waals surface area contributed by atoms with Crippen LogP contribution in [0.2, 0.25) is 0 Å². The summed E-state index contributed by atoms with van der Waals surface area (Å²) in [6, 6.07) is 18.3. The SMILES string of the molecule is CC(=O)OCCCCC1CC(C(=O)c2ccccc2)=C(c2ccccc2)OC1=O. The van der Waals surface area contributed by atoms with Crippen molar-refractivity contribution in [3.8, 4) is 0 Å². The zero-order chi connectivity index (χ0) is 20.6. The summed E-state index contributed by atoms with van der Waals surface area (Å²) in [6.07, 6.45) is 2.29. The van der Waals surface area contributed by atoms with Crippen molar-refractivity contribution in [3.05, 3.63) is 77.4 Å². The Bertz CT molecular complexity index is 899. The van der Waals surface area contributed by atoms with Crippen LogP contribution in [0.1, 0.15) is 48.5 Å². The molecule has 29 heavy (non-hydrogen) atoms. The van der Waals surface area contributed by atoms with E-state index in [2.05, 4.69) is 0 Å². The van der Waals surface area contributed by atoms with Crippen LogP contribution in [0.3, 0.4) is 0 Å². The van der Waals surface area contributed by atoms with Crippen LogP contribution in [0.4, 0.5) is 0 Å². The Morgan fingerprint density at radius 1 is 1.00 bits per heavy atom. The minimum Gasteiger partial charge on any atom is -0.466 e. The van der Waals surface area contributed by atoms with Gasteiger partial charge in [0.05, 0.1) is 12.5 Å². The summed E-state index contributed by atoms with van der Waals surface area (Å²) in [5.41, 5.74) is 1.81. The molecule has 0 radical (unpaired) electrons. The topological polar surface area (TPSA) is 69.7 Å². The van der Waals surface area contributed by atoms with Gasteiger partial charge in [-0.3, -0.25) is 14.4 Å². The van der Waals surface area contributed by atoms with Gasteiger partial charge in [-0.25, -0.2) is 0 Å². The average molecular weight is 392 g/mol. The van der Waals surface area contributed by atoms with Crippen LogP contribution >= 0.6 is 0 Å². The van der Waals surface area contributed by atoms with E-state index >= 15 is 0 Å².